The van der Waals surface area contributed by atoms with Gasteiger partial charge in [0.15, 0.2) is 17.2 Å². The summed E-state index contributed by atoms with van der Waals surface area (Å²) in [4.78, 5) is 39.1. The largest absolute Gasteiger partial charge is 0.504 e. The van der Waals surface area contributed by atoms with E-state index in [1.54, 1.807) is 13.0 Å². The molecular formula is C18H17NO7. The Kier molecular flexibility index (Phi) is 4.66. The fourth-order valence-electron chi connectivity index (χ4n) is 2.95. The van der Waals surface area contributed by atoms with Crippen LogP contribution in [0, 0.1) is 0 Å². The van der Waals surface area contributed by atoms with Gasteiger partial charge in [0, 0.05) is 12.1 Å². The van der Waals surface area contributed by atoms with Crippen LogP contribution in [0.15, 0.2) is 29.2 Å². The normalized spacial score (nSPS) is 15.8. The predicted octanol–water partition coefficient (Wildman–Crippen LogP) is 1.71. The van der Waals surface area contributed by atoms with Crippen LogP contribution in [0.5, 0.6) is 17.2 Å². The minimum absolute atomic E-state index is 0.0303. The molecule has 0 spiro atoms. The Morgan fingerprint density at radius 1 is 1.38 bits per heavy atom. The maximum atomic E-state index is 12.4. The van der Waals surface area contributed by atoms with E-state index in [2.05, 4.69) is 4.98 Å². The van der Waals surface area contributed by atoms with Crippen LogP contribution in [0.1, 0.15) is 40.7 Å². The molecule has 1 unspecified atom stereocenters. The summed E-state index contributed by atoms with van der Waals surface area (Å²) in [6, 6.07) is 4.60. The molecule has 1 aliphatic heterocycles. The molecule has 3 rings (SSSR count). The molecule has 0 saturated carbocycles. The zero-order valence-electron chi connectivity index (χ0n) is 14.2. The molecule has 0 bridgehead atoms. The van der Waals surface area contributed by atoms with Crippen LogP contribution >= 0.6 is 0 Å². The Morgan fingerprint density at radius 3 is 2.81 bits per heavy atom. The molecule has 0 fully saturated rings. The molecule has 2 N–H and O–H groups in total. The van der Waals surface area contributed by atoms with E-state index >= 15 is 0 Å². The van der Waals surface area contributed by atoms with Crippen molar-refractivity contribution in [3.8, 4) is 17.2 Å². The number of ether oxygens (including phenoxy) is 3. The smallest absolute Gasteiger partial charge is 0.343 e. The quantitative estimate of drug-likeness (QED) is 0.799. The zero-order valence-corrected chi connectivity index (χ0v) is 14.2. The van der Waals surface area contributed by atoms with Crippen LogP contribution in [-0.4, -0.2) is 35.7 Å². The first-order valence-electron chi connectivity index (χ1n) is 7.96. The van der Waals surface area contributed by atoms with Crippen molar-refractivity contribution in [3.63, 3.8) is 0 Å². The first-order chi connectivity index (χ1) is 12.5. The van der Waals surface area contributed by atoms with Crippen molar-refractivity contribution in [1.29, 1.82) is 0 Å². The average Bonchev–Trinajstić information content (AvgIpc) is 2.61. The highest BCUT2D eigenvalue weighted by molar-refractivity contribution is 5.94. The molecule has 1 aromatic heterocycles. The lowest BCUT2D eigenvalue weighted by Gasteiger charge is -2.25. The van der Waals surface area contributed by atoms with Gasteiger partial charge in [-0.15, -0.1) is 0 Å². The van der Waals surface area contributed by atoms with Gasteiger partial charge in [-0.1, -0.05) is 6.07 Å². The number of pyridine rings is 1. The van der Waals surface area contributed by atoms with Crippen molar-refractivity contribution >= 4 is 11.9 Å². The molecular weight excluding hydrogens is 342 g/mol. The van der Waals surface area contributed by atoms with Gasteiger partial charge in [0.25, 0.3) is 5.56 Å². The highest BCUT2D eigenvalue weighted by Crippen LogP contribution is 2.40. The zero-order chi connectivity index (χ0) is 18.8. The van der Waals surface area contributed by atoms with Crippen LogP contribution < -0.4 is 15.0 Å². The lowest BCUT2D eigenvalue weighted by Crippen LogP contribution is -2.30. The predicted molar refractivity (Wildman–Crippen MR) is 89.8 cm³/mol. The molecule has 1 aromatic carbocycles. The summed E-state index contributed by atoms with van der Waals surface area (Å²) in [6.07, 6.45) is 1.06. The van der Waals surface area contributed by atoms with Gasteiger partial charge < -0.3 is 24.3 Å². The number of carbonyl (C=O) groups is 2. The van der Waals surface area contributed by atoms with Crippen LogP contribution in [0.3, 0.4) is 0 Å². The fourth-order valence-corrected chi connectivity index (χ4v) is 2.95. The third-order valence-corrected chi connectivity index (χ3v) is 4.12. The molecule has 8 nitrogen and oxygen atoms in total. The molecule has 0 radical (unpaired) electrons. The minimum Gasteiger partial charge on any atom is -0.504 e. The summed E-state index contributed by atoms with van der Waals surface area (Å²) in [7, 11) is 1.42. The van der Waals surface area contributed by atoms with Crippen molar-refractivity contribution in [1.82, 2.24) is 4.98 Å². The maximum Gasteiger partial charge on any atom is 0.343 e. The Hall–Kier alpha value is -3.29. The molecule has 2 heterocycles. The number of benzene rings is 1. The van der Waals surface area contributed by atoms with E-state index in [1.807, 2.05) is 0 Å². The lowest BCUT2D eigenvalue weighted by atomic mass is 9.86. The topological polar surface area (TPSA) is 115 Å². The number of hydrogen-bond acceptors (Lipinski definition) is 7. The number of aromatic nitrogens is 1. The maximum absolute atomic E-state index is 12.4. The average molecular weight is 359 g/mol. The van der Waals surface area contributed by atoms with E-state index in [4.69, 9.17) is 14.2 Å². The summed E-state index contributed by atoms with van der Waals surface area (Å²) in [5.74, 6) is -1.94. The monoisotopic (exact) mass is 359 g/mol. The number of carbonyl (C=O) groups excluding carboxylic acids is 2. The van der Waals surface area contributed by atoms with E-state index in [0.717, 1.165) is 0 Å². The molecule has 136 valence electrons. The van der Waals surface area contributed by atoms with Crippen LogP contribution in [-0.2, 0) is 9.53 Å². The Morgan fingerprint density at radius 2 is 2.15 bits per heavy atom. The first-order valence-corrected chi connectivity index (χ1v) is 7.96. The van der Waals surface area contributed by atoms with Crippen molar-refractivity contribution < 1.29 is 28.9 Å². The summed E-state index contributed by atoms with van der Waals surface area (Å²) in [5.41, 5.74) is 0.144. The number of H-pyrrole nitrogens is 1. The van der Waals surface area contributed by atoms with Gasteiger partial charge in [-0.25, -0.2) is 4.79 Å². The molecule has 0 amide bonds. The highest BCUT2D eigenvalue weighted by atomic mass is 16.5. The summed E-state index contributed by atoms with van der Waals surface area (Å²) in [5, 5.41) is 10.0. The van der Waals surface area contributed by atoms with E-state index < -0.39 is 23.4 Å². The second-order valence-electron chi connectivity index (χ2n) is 5.66. The second kappa shape index (κ2) is 6.91. The number of hydrogen-bond donors (Lipinski definition) is 2. The second-order valence-corrected chi connectivity index (χ2v) is 5.66. The van der Waals surface area contributed by atoms with Gasteiger partial charge >= 0.3 is 11.9 Å². The standard InChI is InChI=1S/C18H17NO7/c1-3-25-18(23)11-8-19-17(22)15-10(7-14(21)26-16(11)15)9-4-5-13(24-2)12(20)6-9/h4-6,8,10,20H,3,7H2,1-2H3,(H,19,22). The SMILES string of the molecule is CCOC(=O)c1c[nH]c(=O)c2c1OC(=O)CC2c1ccc(OC)c(O)c1. The van der Waals surface area contributed by atoms with Crippen molar-refractivity contribution in [2.24, 2.45) is 0 Å². The number of methoxy groups -OCH3 is 1. The third kappa shape index (κ3) is 3.01. The summed E-state index contributed by atoms with van der Waals surface area (Å²) < 4.78 is 15.2. The molecule has 2 aromatic rings. The van der Waals surface area contributed by atoms with Crippen LogP contribution in [0.4, 0.5) is 0 Å². The van der Waals surface area contributed by atoms with E-state index in [-0.39, 0.29) is 41.4 Å². The number of fused-ring (bicyclic) bond motifs is 1. The molecule has 1 atom stereocenters. The number of esters is 2. The summed E-state index contributed by atoms with van der Waals surface area (Å²) >= 11 is 0. The van der Waals surface area contributed by atoms with E-state index in [9.17, 15) is 19.5 Å². The third-order valence-electron chi connectivity index (χ3n) is 4.12. The number of rotatable bonds is 4. The van der Waals surface area contributed by atoms with Crippen molar-refractivity contribution in [2.45, 2.75) is 19.3 Å². The fraction of sp³-hybridized carbons (Fsp3) is 0.278. The Bertz CT molecular complexity index is 932. The number of aromatic amines is 1. The van der Waals surface area contributed by atoms with Gasteiger partial charge in [-0.3, -0.25) is 9.59 Å². The van der Waals surface area contributed by atoms with Gasteiger partial charge in [0.05, 0.1) is 25.7 Å². The highest BCUT2D eigenvalue weighted by Gasteiger charge is 2.35. The molecule has 1 aliphatic rings. The molecule has 8 heteroatoms. The van der Waals surface area contributed by atoms with E-state index in [1.165, 1.54) is 25.4 Å². The van der Waals surface area contributed by atoms with Gasteiger partial charge in [0.2, 0.25) is 0 Å². The van der Waals surface area contributed by atoms with Gasteiger partial charge in [-0.05, 0) is 24.6 Å². The lowest BCUT2D eigenvalue weighted by molar-refractivity contribution is -0.135. The molecule has 0 aliphatic carbocycles. The first kappa shape index (κ1) is 17.5. The number of nitrogens with one attached hydrogen (secondary N) is 1. The van der Waals surface area contributed by atoms with Crippen LogP contribution in [0.2, 0.25) is 0 Å². The van der Waals surface area contributed by atoms with Crippen molar-refractivity contribution in [3.05, 3.63) is 51.4 Å². The van der Waals surface area contributed by atoms with E-state index in [0.29, 0.717) is 5.56 Å². The molecule has 26 heavy (non-hydrogen) atoms. The van der Waals surface area contributed by atoms with Crippen LogP contribution in [0.25, 0.3) is 0 Å². The number of aromatic hydroxyl groups is 1. The van der Waals surface area contributed by atoms with Gasteiger partial charge in [0.1, 0.15) is 5.56 Å². The van der Waals surface area contributed by atoms with Gasteiger partial charge in [-0.2, -0.15) is 0 Å². The molecule has 0 saturated heterocycles. The Labute approximate surface area is 148 Å². The Balaban J connectivity index is 2.16. The number of phenols is 1. The van der Waals surface area contributed by atoms with Crippen molar-refractivity contribution in [2.75, 3.05) is 13.7 Å². The minimum atomic E-state index is -0.703. The summed E-state index contributed by atoms with van der Waals surface area (Å²) in [6.45, 7) is 1.78. The number of phenolic OH excluding ortho intramolecular Hbond substituents is 1.